The van der Waals surface area contributed by atoms with Crippen LogP contribution in [0.3, 0.4) is 0 Å². The molecule has 1 heterocycles. The van der Waals surface area contributed by atoms with Crippen molar-refractivity contribution in [3.8, 4) is 0 Å². The van der Waals surface area contributed by atoms with E-state index in [0.29, 0.717) is 6.42 Å². The van der Waals surface area contributed by atoms with Crippen LogP contribution in [0.5, 0.6) is 0 Å². The van der Waals surface area contributed by atoms with Gasteiger partial charge in [0.25, 0.3) is 0 Å². The quantitative estimate of drug-likeness (QED) is 0.620. The van der Waals surface area contributed by atoms with E-state index in [0.717, 1.165) is 45.0 Å². The number of nitrogens with one attached hydrogen (secondary N) is 2. The Hall–Kier alpha value is -2.04. The summed E-state index contributed by atoms with van der Waals surface area (Å²) in [6.07, 6.45) is 2.49. The maximum Gasteiger partial charge on any atom is 0.222 e. The van der Waals surface area contributed by atoms with Crippen LogP contribution in [0.15, 0.2) is 29.3 Å². The molecule has 2 rings (SSSR count). The number of rotatable bonds is 6. The van der Waals surface area contributed by atoms with Gasteiger partial charge in [0.05, 0.1) is 0 Å². The van der Waals surface area contributed by atoms with Gasteiger partial charge in [-0.2, -0.15) is 0 Å². The van der Waals surface area contributed by atoms with E-state index < -0.39 is 0 Å². The standard InChI is InChI=1S/C19H30N4O/c1-4-18(24)23-13-11-17(14-23)22-19(20-5-2)21-12-10-16-8-6-15(3)7-9-16/h6-9,17H,4-5,10-14H2,1-3H3,(H2,20,21,22). The number of likely N-dealkylation sites (tertiary alicyclic amines) is 1. The third-order valence-electron chi connectivity index (χ3n) is 4.32. The lowest BCUT2D eigenvalue weighted by Gasteiger charge is -2.18. The Morgan fingerprint density at radius 3 is 2.71 bits per heavy atom. The molecular formula is C19H30N4O. The Morgan fingerprint density at radius 1 is 1.29 bits per heavy atom. The predicted octanol–water partition coefficient (Wildman–Crippen LogP) is 2.10. The second kappa shape index (κ2) is 9.30. The number of amides is 1. The van der Waals surface area contributed by atoms with Crippen LogP contribution in [0.4, 0.5) is 0 Å². The minimum atomic E-state index is 0.237. The second-order valence-electron chi connectivity index (χ2n) is 6.32. The Kier molecular flexibility index (Phi) is 7.09. The van der Waals surface area contributed by atoms with Gasteiger partial charge in [-0.05, 0) is 32.3 Å². The van der Waals surface area contributed by atoms with E-state index in [4.69, 9.17) is 0 Å². The van der Waals surface area contributed by atoms with Crippen LogP contribution < -0.4 is 10.6 Å². The fourth-order valence-corrected chi connectivity index (χ4v) is 2.89. The molecule has 5 heteroatoms. The first-order valence-electron chi connectivity index (χ1n) is 9.00. The zero-order chi connectivity index (χ0) is 17.4. The van der Waals surface area contributed by atoms with Crippen LogP contribution in [0.2, 0.25) is 0 Å². The number of aliphatic imine (C=N–C) groups is 1. The van der Waals surface area contributed by atoms with E-state index in [1.165, 1.54) is 11.1 Å². The highest BCUT2D eigenvalue weighted by Gasteiger charge is 2.25. The number of guanidine groups is 1. The fraction of sp³-hybridized carbons (Fsp3) is 0.579. The van der Waals surface area contributed by atoms with Gasteiger partial charge in [0.1, 0.15) is 0 Å². The molecule has 1 aliphatic rings. The number of benzene rings is 1. The Morgan fingerprint density at radius 2 is 2.04 bits per heavy atom. The Bertz CT molecular complexity index is 553. The summed E-state index contributed by atoms with van der Waals surface area (Å²) < 4.78 is 0. The molecule has 0 aromatic heterocycles. The summed E-state index contributed by atoms with van der Waals surface area (Å²) in [5, 5.41) is 6.76. The molecular weight excluding hydrogens is 300 g/mol. The first-order chi connectivity index (χ1) is 11.6. The van der Waals surface area contributed by atoms with E-state index in [1.807, 2.05) is 11.8 Å². The summed E-state index contributed by atoms with van der Waals surface area (Å²) in [5.74, 6) is 1.08. The first-order valence-corrected chi connectivity index (χ1v) is 9.00. The van der Waals surface area contributed by atoms with Crippen molar-refractivity contribution in [2.45, 2.75) is 46.1 Å². The summed E-state index contributed by atoms with van der Waals surface area (Å²) in [5.41, 5.74) is 2.59. The number of carbonyl (C=O) groups excluding carboxylic acids is 1. The summed E-state index contributed by atoms with van der Waals surface area (Å²) in [4.78, 5) is 18.4. The monoisotopic (exact) mass is 330 g/mol. The maximum atomic E-state index is 11.8. The lowest BCUT2D eigenvalue weighted by atomic mass is 10.1. The molecule has 0 radical (unpaired) electrons. The molecule has 0 bridgehead atoms. The van der Waals surface area contributed by atoms with Gasteiger partial charge in [0, 0.05) is 38.6 Å². The van der Waals surface area contributed by atoms with E-state index in [-0.39, 0.29) is 11.9 Å². The minimum Gasteiger partial charge on any atom is -0.357 e. The highest BCUT2D eigenvalue weighted by Crippen LogP contribution is 2.10. The van der Waals surface area contributed by atoms with Gasteiger partial charge in [0.2, 0.25) is 5.91 Å². The van der Waals surface area contributed by atoms with Crippen molar-refractivity contribution in [1.29, 1.82) is 0 Å². The second-order valence-corrected chi connectivity index (χ2v) is 6.32. The normalized spacial score (nSPS) is 17.9. The Balaban J connectivity index is 1.84. The van der Waals surface area contributed by atoms with Crippen molar-refractivity contribution in [1.82, 2.24) is 15.5 Å². The van der Waals surface area contributed by atoms with Crippen LogP contribution in [0.1, 0.15) is 37.8 Å². The molecule has 1 unspecified atom stereocenters. The van der Waals surface area contributed by atoms with Crippen molar-refractivity contribution in [2.75, 3.05) is 26.2 Å². The largest absolute Gasteiger partial charge is 0.357 e. The fourth-order valence-electron chi connectivity index (χ4n) is 2.89. The third-order valence-corrected chi connectivity index (χ3v) is 4.32. The topological polar surface area (TPSA) is 56.7 Å². The molecule has 1 saturated heterocycles. The highest BCUT2D eigenvalue weighted by atomic mass is 16.2. The van der Waals surface area contributed by atoms with Gasteiger partial charge in [-0.1, -0.05) is 36.8 Å². The van der Waals surface area contributed by atoms with Crippen molar-refractivity contribution in [3.63, 3.8) is 0 Å². The van der Waals surface area contributed by atoms with Gasteiger partial charge in [-0.3, -0.25) is 9.79 Å². The smallest absolute Gasteiger partial charge is 0.222 e. The molecule has 0 aliphatic carbocycles. The highest BCUT2D eigenvalue weighted by molar-refractivity contribution is 5.80. The summed E-state index contributed by atoms with van der Waals surface area (Å²) in [6.45, 7) is 9.29. The van der Waals surface area contributed by atoms with E-state index in [9.17, 15) is 4.79 Å². The van der Waals surface area contributed by atoms with E-state index in [2.05, 4.69) is 53.7 Å². The van der Waals surface area contributed by atoms with Gasteiger partial charge >= 0.3 is 0 Å². The van der Waals surface area contributed by atoms with Crippen LogP contribution in [-0.2, 0) is 11.2 Å². The number of nitrogens with zero attached hydrogens (tertiary/aromatic N) is 2. The molecule has 5 nitrogen and oxygen atoms in total. The zero-order valence-electron chi connectivity index (χ0n) is 15.1. The van der Waals surface area contributed by atoms with Gasteiger partial charge in [0.15, 0.2) is 5.96 Å². The van der Waals surface area contributed by atoms with Gasteiger partial charge in [-0.15, -0.1) is 0 Å². The SMILES string of the molecule is CCNC(=NCCc1ccc(C)cc1)NC1CCN(C(=O)CC)C1. The lowest BCUT2D eigenvalue weighted by molar-refractivity contribution is -0.129. The van der Waals surface area contributed by atoms with E-state index in [1.54, 1.807) is 0 Å². The maximum absolute atomic E-state index is 11.8. The molecule has 132 valence electrons. The molecule has 1 atom stereocenters. The molecule has 1 aliphatic heterocycles. The van der Waals surface area contributed by atoms with E-state index >= 15 is 0 Å². The number of carbonyl (C=O) groups is 1. The van der Waals surface area contributed by atoms with Crippen molar-refractivity contribution in [3.05, 3.63) is 35.4 Å². The van der Waals surface area contributed by atoms with Crippen LogP contribution in [-0.4, -0.2) is 49.0 Å². The van der Waals surface area contributed by atoms with Gasteiger partial charge in [-0.25, -0.2) is 0 Å². The summed E-state index contributed by atoms with van der Waals surface area (Å²) >= 11 is 0. The molecule has 1 aromatic carbocycles. The summed E-state index contributed by atoms with van der Waals surface area (Å²) in [7, 11) is 0. The zero-order valence-corrected chi connectivity index (χ0v) is 15.1. The first kappa shape index (κ1) is 18.3. The average molecular weight is 330 g/mol. The number of aryl methyl sites for hydroxylation is 1. The van der Waals surface area contributed by atoms with Crippen molar-refractivity contribution >= 4 is 11.9 Å². The van der Waals surface area contributed by atoms with Crippen molar-refractivity contribution in [2.24, 2.45) is 4.99 Å². The molecule has 1 amide bonds. The Labute approximate surface area is 145 Å². The van der Waals surface area contributed by atoms with Crippen LogP contribution >= 0.6 is 0 Å². The summed E-state index contributed by atoms with van der Waals surface area (Å²) in [6, 6.07) is 8.89. The average Bonchev–Trinajstić information content (AvgIpc) is 3.04. The molecule has 2 N–H and O–H groups in total. The lowest BCUT2D eigenvalue weighted by Crippen LogP contribution is -2.45. The minimum absolute atomic E-state index is 0.237. The van der Waals surface area contributed by atoms with Crippen molar-refractivity contribution < 1.29 is 4.79 Å². The molecule has 0 spiro atoms. The molecule has 1 fully saturated rings. The molecule has 1 aromatic rings. The van der Waals surface area contributed by atoms with Crippen LogP contribution in [0.25, 0.3) is 0 Å². The van der Waals surface area contributed by atoms with Gasteiger partial charge < -0.3 is 15.5 Å². The molecule has 0 saturated carbocycles. The number of hydrogen-bond donors (Lipinski definition) is 2. The molecule has 24 heavy (non-hydrogen) atoms. The predicted molar refractivity (Wildman–Crippen MR) is 99.3 cm³/mol. The number of hydrogen-bond acceptors (Lipinski definition) is 2. The third kappa shape index (κ3) is 5.55. The van der Waals surface area contributed by atoms with Crippen LogP contribution in [0, 0.1) is 6.92 Å².